The summed E-state index contributed by atoms with van der Waals surface area (Å²) in [5, 5.41) is 3.71. The van der Waals surface area contributed by atoms with E-state index in [4.69, 9.17) is 4.74 Å². The van der Waals surface area contributed by atoms with Gasteiger partial charge in [-0.1, -0.05) is 0 Å². The maximum Gasteiger partial charge on any atom is 0.434 e. The van der Waals surface area contributed by atoms with E-state index in [1.54, 1.807) is 26.1 Å². The van der Waals surface area contributed by atoms with Crippen LogP contribution in [0.25, 0.3) is 0 Å². The predicted molar refractivity (Wildman–Crippen MR) is 39.2 cm³/mol. The summed E-state index contributed by atoms with van der Waals surface area (Å²) in [4.78, 5) is 11.0. The van der Waals surface area contributed by atoms with Gasteiger partial charge in [0.15, 0.2) is 0 Å². The molecule has 1 aromatic heterocycles. The van der Waals surface area contributed by atoms with E-state index in [-0.39, 0.29) is 6.10 Å². The predicted octanol–water partition coefficient (Wildman–Crippen LogP) is 1.28. The average Bonchev–Trinajstić information content (AvgIpc) is 2.35. The van der Waals surface area contributed by atoms with E-state index in [9.17, 15) is 4.79 Å². The van der Waals surface area contributed by atoms with Gasteiger partial charge in [0, 0.05) is 12.4 Å². The minimum atomic E-state index is -0.440. The Morgan fingerprint density at radius 3 is 2.82 bits per heavy atom. The Balaban J connectivity index is 2.57. The SMILES string of the molecule is CC(C)OC(=O)n1cccn1. The molecule has 0 radical (unpaired) electrons. The van der Waals surface area contributed by atoms with Gasteiger partial charge in [-0.25, -0.2) is 4.79 Å². The minimum Gasteiger partial charge on any atom is -0.445 e. The van der Waals surface area contributed by atoms with E-state index in [0.29, 0.717) is 0 Å². The minimum absolute atomic E-state index is 0.105. The van der Waals surface area contributed by atoms with Crippen molar-refractivity contribution in [1.29, 1.82) is 0 Å². The zero-order valence-electron chi connectivity index (χ0n) is 6.52. The summed E-state index contributed by atoms with van der Waals surface area (Å²) < 4.78 is 6.01. The van der Waals surface area contributed by atoms with Crippen LogP contribution in [0.5, 0.6) is 0 Å². The molecular weight excluding hydrogens is 144 g/mol. The number of hydrogen-bond donors (Lipinski definition) is 0. The second-order valence-electron chi connectivity index (χ2n) is 2.38. The molecule has 0 unspecified atom stereocenters. The molecule has 1 heterocycles. The molecule has 1 rings (SSSR count). The fourth-order valence-electron chi connectivity index (χ4n) is 0.632. The molecule has 0 saturated carbocycles. The summed E-state index contributed by atoms with van der Waals surface area (Å²) in [6.45, 7) is 3.59. The number of hydrogen-bond acceptors (Lipinski definition) is 3. The molecule has 4 heteroatoms. The largest absolute Gasteiger partial charge is 0.445 e. The summed E-state index contributed by atoms with van der Waals surface area (Å²) >= 11 is 0. The van der Waals surface area contributed by atoms with Gasteiger partial charge in [-0.2, -0.15) is 9.78 Å². The molecular formula is C7H10N2O2. The summed E-state index contributed by atoms with van der Waals surface area (Å²) in [6.07, 6.45) is 2.53. The lowest BCUT2D eigenvalue weighted by molar-refractivity contribution is 0.114. The molecule has 0 saturated heterocycles. The third-order valence-corrected chi connectivity index (χ3v) is 1.03. The maximum atomic E-state index is 11.0. The molecule has 1 aromatic rings. The Morgan fingerprint density at radius 1 is 1.64 bits per heavy atom. The molecule has 0 fully saturated rings. The molecule has 0 aliphatic rings. The quantitative estimate of drug-likeness (QED) is 0.612. The van der Waals surface area contributed by atoms with E-state index in [0.717, 1.165) is 4.68 Å². The number of carbonyl (C=O) groups excluding carboxylic acids is 1. The van der Waals surface area contributed by atoms with Crippen molar-refractivity contribution in [2.24, 2.45) is 0 Å². The topological polar surface area (TPSA) is 44.1 Å². The van der Waals surface area contributed by atoms with E-state index in [2.05, 4.69) is 5.10 Å². The highest BCUT2D eigenvalue weighted by atomic mass is 16.6. The van der Waals surface area contributed by atoms with Crippen molar-refractivity contribution in [3.05, 3.63) is 18.5 Å². The molecule has 0 N–H and O–H groups in total. The van der Waals surface area contributed by atoms with Crippen molar-refractivity contribution in [2.45, 2.75) is 20.0 Å². The van der Waals surface area contributed by atoms with Crippen LogP contribution in [0.3, 0.4) is 0 Å². The van der Waals surface area contributed by atoms with E-state index in [1.165, 1.54) is 6.20 Å². The third kappa shape index (κ3) is 2.07. The van der Waals surface area contributed by atoms with Crippen molar-refractivity contribution >= 4 is 6.09 Å². The van der Waals surface area contributed by atoms with Gasteiger partial charge in [0.05, 0.1) is 6.10 Å². The van der Waals surface area contributed by atoms with Gasteiger partial charge in [-0.3, -0.25) is 0 Å². The lowest BCUT2D eigenvalue weighted by atomic mass is 10.5. The van der Waals surface area contributed by atoms with E-state index < -0.39 is 6.09 Å². The number of ether oxygens (including phenoxy) is 1. The number of rotatable bonds is 1. The molecule has 0 aliphatic heterocycles. The van der Waals surface area contributed by atoms with Crippen molar-refractivity contribution in [3.63, 3.8) is 0 Å². The lowest BCUT2D eigenvalue weighted by Gasteiger charge is -2.05. The van der Waals surface area contributed by atoms with E-state index in [1.807, 2.05) is 0 Å². The molecule has 0 spiro atoms. The highest BCUT2D eigenvalue weighted by Gasteiger charge is 2.06. The van der Waals surface area contributed by atoms with Crippen LogP contribution in [0.1, 0.15) is 13.8 Å². The Hall–Kier alpha value is -1.32. The smallest absolute Gasteiger partial charge is 0.434 e. The highest BCUT2D eigenvalue weighted by Crippen LogP contribution is 1.93. The molecule has 0 bridgehead atoms. The summed E-state index contributed by atoms with van der Waals surface area (Å²) in [5.74, 6) is 0. The molecule has 0 aromatic carbocycles. The molecule has 4 nitrogen and oxygen atoms in total. The van der Waals surface area contributed by atoms with Crippen LogP contribution in [0.2, 0.25) is 0 Å². The standard InChI is InChI=1S/C7H10N2O2/c1-6(2)11-7(10)9-5-3-4-8-9/h3-6H,1-2H3. The number of aromatic nitrogens is 2. The third-order valence-electron chi connectivity index (χ3n) is 1.03. The van der Waals surface area contributed by atoms with Gasteiger partial charge >= 0.3 is 6.09 Å². The average molecular weight is 154 g/mol. The van der Waals surface area contributed by atoms with Gasteiger partial charge in [0.1, 0.15) is 0 Å². The van der Waals surface area contributed by atoms with Gasteiger partial charge in [-0.05, 0) is 19.9 Å². The van der Waals surface area contributed by atoms with Gasteiger partial charge < -0.3 is 4.74 Å². The van der Waals surface area contributed by atoms with E-state index >= 15 is 0 Å². The fraction of sp³-hybridized carbons (Fsp3) is 0.429. The van der Waals surface area contributed by atoms with Gasteiger partial charge in [0.25, 0.3) is 0 Å². The normalized spacial score (nSPS) is 10.1. The Bertz CT molecular complexity index is 229. The summed E-state index contributed by atoms with van der Waals surface area (Å²) in [6, 6.07) is 1.67. The fourth-order valence-corrected chi connectivity index (χ4v) is 0.632. The van der Waals surface area contributed by atoms with Crippen LogP contribution in [0.4, 0.5) is 4.79 Å². The van der Waals surface area contributed by atoms with Crippen LogP contribution < -0.4 is 0 Å². The van der Waals surface area contributed by atoms with Crippen molar-refractivity contribution in [2.75, 3.05) is 0 Å². The van der Waals surface area contributed by atoms with Crippen LogP contribution in [0, 0.1) is 0 Å². The first-order valence-corrected chi connectivity index (χ1v) is 3.41. The van der Waals surface area contributed by atoms with Crippen molar-refractivity contribution in [3.8, 4) is 0 Å². The maximum absolute atomic E-state index is 11.0. The lowest BCUT2D eigenvalue weighted by Crippen LogP contribution is -2.18. The zero-order valence-corrected chi connectivity index (χ0v) is 6.52. The highest BCUT2D eigenvalue weighted by molar-refractivity contribution is 5.69. The Morgan fingerprint density at radius 2 is 2.36 bits per heavy atom. The van der Waals surface area contributed by atoms with Crippen molar-refractivity contribution in [1.82, 2.24) is 9.78 Å². The first kappa shape index (κ1) is 7.78. The van der Waals surface area contributed by atoms with Crippen LogP contribution in [-0.2, 0) is 4.74 Å². The summed E-state index contributed by atoms with van der Waals surface area (Å²) in [5.41, 5.74) is 0. The molecule has 0 amide bonds. The Labute approximate surface area is 64.8 Å². The van der Waals surface area contributed by atoms with Gasteiger partial charge in [0.2, 0.25) is 0 Å². The molecule has 0 atom stereocenters. The second-order valence-corrected chi connectivity index (χ2v) is 2.38. The monoisotopic (exact) mass is 154 g/mol. The zero-order chi connectivity index (χ0) is 8.27. The number of nitrogens with zero attached hydrogens (tertiary/aromatic N) is 2. The van der Waals surface area contributed by atoms with Crippen LogP contribution in [0.15, 0.2) is 18.5 Å². The summed E-state index contributed by atoms with van der Waals surface area (Å²) in [7, 11) is 0. The first-order valence-electron chi connectivity index (χ1n) is 3.41. The molecule has 0 aliphatic carbocycles. The van der Waals surface area contributed by atoms with Gasteiger partial charge in [-0.15, -0.1) is 0 Å². The second kappa shape index (κ2) is 3.18. The van der Waals surface area contributed by atoms with Crippen LogP contribution in [-0.4, -0.2) is 22.0 Å². The van der Waals surface area contributed by atoms with Crippen LogP contribution >= 0.6 is 0 Å². The molecule has 11 heavy (non-hydrogen) atoms. The number of carbonyl (C=O) groups is 1. The Kier molecular flexibility index (Phi) is 2.25. The first-order chi connectivity index (χ1) is 5.20. The molecule has 60 valence electrons. The van der Waals surface area contributed by atoms with Crippen molar-refractivity contribution < 1.29 is 9.53 Å².